The molecule has 1 aromatic rings. The van der Waals surface area contributed by atoms with Crippen molar-refractivity contribution in [1.82, 2.24) is 4.72 Å². The number of nitrogens with one attached hydrogen (secondary N) is 1. The molecule has 0 saturated heterocycles. The van der Waals surface area contributed by atoms with Crippen LogP contribution in [-0.2, 0) is 10.0 Å². The smallest absolute Gasteiger partial charge is 0.242 e. The van der Waals surface area contributed by atoms with Gasteiger partial charge in [-0.2, -0.15) is 0 Å². The summed E-state index contributed by atoms with van der Waals surface area (Å²) in [6.45, 7) is 0.0745. The van der Waals surface area contributed by atoms with Gasteiger partial charge in [-0.1, -0.05) is 24.4 Å². The molecule has 4 nitrogen and oxygen atoms in total. The van der Waals surface area contributed by atoms with Crippen LogP contribution in [0.4, 0.5) is 4.39 Å². The fraction of sp³-hybridized carbons (Fsp3) is 0.538. The molecule has 0 heterocycles. The van der Waals surface area contributed by atoms with Crippen LogP contribution in [0.2, 0.25) is 5.02 Å². The minimum atomic E-state index is -3.88. The molecule has 112 valence electrons. The van der Waals surface area contributed by atoms with Crippen molar-refractivity contribution in [2.45, 2.75) is 30.6 Å². The molecule has 20 heavy (non-hydrogen) atoms. The molecule has 1 aromatic carbocycles. The standard InChI is InChI=1S/C13H17ClFNO3S/c14-11-4-3-10(15)7-12(11)20(18,19)16-8-13(9-17)5-1-2-6-13/h3-4,7,16-17H,1-2,5-6,8-9H2. The van der Waals surface area contributed by atoms with E-state index in [0.29, 0.717) is 0 Å². The molecule has 0 amide bonds. The van der Waals surface area contributed by atoms with Gasteiger partial charge >= 0.3 is 0 Å². The molecule has 1 saturated carbocycles. The number of rotatable bonds is 5. The maximum absolute atomic E-state index is 13.2. The van der Waals surface area contributed by atoms with E-state index in [-0.39, 0.29) is 23.1 Å². The second-order valence-electron chi connectivity index (χ2n) is 5.26. The van der Waals surface area contributed by atoms with Crippen LogP contribution in [-0.4, -0.2) is 26.7 Å². The molecule has 0 aliphatic heterocycles. The SMILES string of the molecule is O=S(=O)(NCC1(CO)CCCC1)c1cc(F)ccc1Cl. The highest BCUT2D eigenvalue weighted by Gasteiger charge is 2.34. The summed E-state index contributed by atoms with van der Waals surface area (Å²) in [6.07, 6.45) is 3.51. The number of benzene rings is 1. The second kappa shape index (κ2) is 5.97. The lowest BCUT2D eigenvalue weighted by molar-refractivity contribution is 0.134. The summed E-state index contributed by atoms with van der Waals surface area (Å²) in [5, 5.41) is 9.44. The van der Waals surface area contributed by atoms with Gasteiger partial charge in [-0.05, 0) is 31.0 Å². The van der Waals surface area contributed by atoms with Crippen molar-refractivity contribution < 1.29 is 17.9 Å². The maximum atomic E-state index is 13.2. The molecule has 1 fully saturated rings. The minimum absolute atomic E-state index is 0.0247. The van der Waals surface area contributed by atoms with E-state index in [9.17, 15) is 17.9 Å². The van der Waals surface area contributed by atoms with Crippen molar-refractivity contribution in [3.8, 4) is 0 Å². The molecule has 1 aliphatic rings. The Morgan fingerprint density at radius 1 is 1.35 bits per heavy atom. The first kappa shape index (κ1) is 15.7. The molecule has 2 rings (SSSR count). The number of aliphatic hydroxyl groups is 1. The van der Waals surface area contributed by atoms with E-state index >= 15 is 0 Å². The molecule has 0 radical (unpaired) electrons. The number of halogens is 2. The summed E-state index contributed by atoms with van der Waals surface area (Å²) in [6, 6.07) is 3.21. The number of hydrogen-bond acceptors (Lipinski definition) is 3. The van der Waals surface area contributed by atoms with Crippen molar-refractivity contribution in [1.29, 1.82) is 0 Å². The highest BCUT2D eigenvalue weighted by Crippen LogP contribution is 2.37. The molecular formula is C13H17ClFNO3S. The number of sulfonamides is 1. The van der Waals surface area contributed by atoms with E-state index < -0.39 is 21.3 Å². The third-order valence-corrected chi connectivity index (χ3v) is 5.70. The molecular weight excluding hydrogens is 305 g/mol. The third kappa shape index (κ3) is 3.31. The number of aliphatic hydroxyl groups excluding tert-OH is 1. The van der Waals surface area contributed by atoms with E-state index in [2.05, 4.69) is 4.72 Å². The Kier molecular flexibility index (Phi) is 4.69. The molecule has 0 unspecified atom stereocenters. The van der Waals surface area contributed by atoms with E-state index in [1.807, 2.05) is 0 Å². The van der Waals surface area contributed by atoms with Gasteiger partial charge in [-0.3, -0.25) is 0 Å². The van der Waals surface area contributed by atoms with Crippen LogP contribution >= 0.6 is 11.6 Å². The van der Waals surface area contributed by atoms with Crippen LogP contribution < -0.4 is 4.72 Å². The first-order valence-corrected chi connectivity index (χ1v) is 8.30. The van der Waals surface area contributed by atoms with Crippen molar-refractivity contribution in [2.24, 2.45) is 5.41 Å². The van der Waals surface area contributed by atoms with Gasteiger partial charge in [0.15, 0.2) is 0 Å². The Balaban J connectivity index is 2.17. The molecule has 0 atom stereocenters. The monoisotopic (exact) mass is 321 g/mol. The predicted molar refractivity (Wildman–Crippen MR) is 74.6 cm³/mol. The lowest BCUT2D eigenvalue weighted by Crippen LogP contribution is -2.38. The normalized spacial score (nSPS) is 18.4. The Morgan fingerprint density at radius 3 is 2.60 bits per heavy atom. The first-order valence-electron chi connectivity index (χ1n) is 6.44. The van der Waals surface area contributed by atoms with E-state index in [0.717, 1.165) is 37.8 Å². The zero-order valence-electron chi connectivity index (χ0n) is 10.9. The van der Waals surface area contributed by atoms with Gasteiger partial charge in [0.05, 0.1) is 5.02 Å². The maximum Gasteiger partial charge on any atom is 0.242 e. The average molecular weight is 322 g/mol. The van der Waals surface area contributed by atoms with Crippen LogP contribution in [0.5, 0.6) is 0 Å². The molecule has 0 bridgehead atoms. The lowest BCUT2D eigenvalue weighted by atomic mass is 9.88. The highest BCUT2D eigenvalue weighted by atomic mass is 35.5. The molecule has 7 heteroatoms. The van der Waals surface area contributed by atoms with E-state index in [1.54, 1.807) is 0 Å². The summed E-state index contributed by atoms with van der Waals surface area (Å²) in [7, 11) is -3.88. The Morgan fingerprint density at radius 2 is 2.00 bits per heavy atom. The van der Waals surface area contributed by atoms with Crippen molar-refractivity contribution in [3.05, 3.63) is 29.0 Å². The largest absolute Gasteiger partial charge is 0.396 e. The van der Waals surface area contributed by atoms with Gasteiger partial charge in [0.25, 0.3) is 0 Å². The van der Waals surface area contributed by atoms with Gasteiger partial charge in [-0.25, -0.2) is 17.5 Å². The highest BCUT2D eigenvalue weighted by molar-refractivity contribution is 7.89. The van der Waals surface area contributed by atoms with Crippen LogP contribution in [0, 0.1) is 11.2 Å². The van der Waals surface area contributed by atoms with E-state index in [4.69, 9.17) is 11.6 Å². The molecule has 0 aromatic heterocycles. The predicted octanol–water partition coefficient (Wildman–Crippen LogP) is 2.31. The van der Waals surface area contributed by atoms with Gasteiger partial charge in [0.2, 0.25) is 10.0 Å². The average Bonchev–Trinajstić information content (AvgIpc) is 2.89. The fourth-order valence-corrected chi connectivity index (χ4v) is 4.19. The van der Waals surface area contributed by atoms with Gasteiger partial charge < -0.3 is 5.11 Å². The first-order chi connectivity index (χ1) is 9.38. The fourth-order valence-electron chi connectivity index (χ4n) is 2.52. The number of hydrogen-bond donors (Lipinski definition) is 2. The summed E-state index contributed by atoms with van der Waals surface area (Å²) in [5.41, 5.74) is -0.410. The van der Waals surface area contributed by atoms with Gasteiger partial charge in [0, 0.05) is 18.6 Å². The summed E-state index contributed by atoms with van der Waals surface area (Å²) in [4.78, 5) is -0.273. The quantitative estimate of drug-likeness (QED) is 0.874. The van der Waals surface area contributed by atoms with Crippen molar-refractivity contribution in [2.75, 3.05) is 13.2 Å². The van der Waals surface area contributed by atoms with Gasteiger partial charge in [-0.15, -0.1) is 0 Å². The summed E-state index contributed by atoms with van der Waals surface area (Å²) in [5.74, 6) is -0.660. The minimum Gasteiger partial charge on any atom is -0.396 e. The second-order valence-corrected chi connectivity index (χ2v) is 7.41. The molecule has 1 aliphatic carbocycles. The van der Waals surface area contributed by atoms with Crippen LogP contribution in [0.15, 0.2) is 23.1 Å². The van der Waals surface area contributed by atoms with Crippen molar-refractivity contribution >= 4 is 21.6 Å². The zero-order valence-corrected chi connectivity index (χ0v) is 12.5. The van der Waals surface area contributed by atoms with Crippen LogP contribution in [0.25, 0.3) is 0 Å². The molecule has 0 spiro atoms. The zero-order chi connectivity index (χ0) is 14.8. The van der Waals surface area contributed by atoms with Crippen molar-refractivity contribution in [3.63, 3.8) is 0 Å². The van der Waals surface area contributed by atoms with Crippen LogP contribution in [0.1, 0.15) is 25.7 Å². The lowest BCUT2D eigenvalue weighted by Gasteiger charge is -2.26. The summed E-state index contributed by atoms with van der Waals surface area (Å²) >= 11 is 5.81. The topological polar surface area (TPSA) is 66.4 Å². The molecule has 2 N–H and O–H groups in total. The third-order valence-electron chi connectivity index (χ3n) is 3.82. The Bertz CT molecular complexity index is 585. The van der Waals surface area contributed by atoms with Crippen LogP contribution in [0.3, 0.4) is 0 Å². The van der Waals surface area contributed by atoms with Gasteiger partial charge in [0.1, 0.15) is 10.7 Å². The summed E-state index contributed by atoms with van der Waals surface area (Å²) < 4.78 is 40.0. The van der Waals surface area contributed by atoms with E-state index in [1.165, 1.54) is 6.07 Å². The Hall–Kier alpha value is -0.690. The Labute approximate surface area is 123 Å².